The second-order valence-electron chi connectivity index (χ2n) is 5.27. The summed E-state index contributed by atoms with van der Waals surface area (Å²) in [6, 6.07) is 9.42. The highest BCUT2D eigenvalue weighted by Gasteiger charge is 2.10. The first-order valence-electron chi connectivity index (χ1n) is 6.63. The molecule has 2 aromatic carbocycles. The molecule has 1 nitrogen and oxygen atoms in total. The summed E-state index contributed by atoms with van der Waals surface area (Å²) < 4.78 is 26.2. The maximum atomic E-state index is 13.1. The lowest BCUT2D eigenvalue weighted by molar-refractivity contribution is 0.175. The first-order chi connectivity index (χ1) is 9.44. The Morgan fingerprint density at radius 3 is 2.25 bits per heavy atom. The molecule has 1 N–H and O–H groups in total. The molecule has 106 valence electrons. The van der Waals surface area contributed by atoms with Gasteiger partial charge in [-0.1, -0.05) is 23.8 Å². The molecule has 0 saturated heterocycles. The van der Waals surface area contributed by atoms with Crippen LogP contribution in [0.25, 0.3) is 0 Å². The van der Waals surface area contributed by atoms with Crippen molar-refractivity contribution < 1.29 is 13.9 Å². The van der Waals surface area contributed by atoms with E-state index >= 15 is 0 Å². The van der Waals surface area contributed by atoms with E-state index in [1.165, 1.54) is 12.1 Å². The molecule has 0 aromatic heterocycles. The highest BCUT2D eigenvalue weighted by Crippen LogP contribution is 2.16. The molecule has 0 fully saturated rings. The number of rotatable bonds is 4. The Bertz CT molecular complexity index is 588. The highest BCUT2D eigenvalue weighted by molar-refractivity contribution is 5.31. The van der Waals surface area contributed by atoms with Crippen LogP contribution in [-0.2, 0) is 12.8 Å². The third-order valence-corrected chi connectivity index (χ3v) is 3.35. The SMILES string of the molecule is Cc1ccc(C)c(CC(O)Cc2cc(F)cc(F)c2)c1. The van der Waals surface area contributed by atoms with E-state index in [1.54, 1.807) is 0 Å². The van der Waals surface area contributed by atoms with Crippen LogP contribution in [0.4, 0.5) is 8.78 Å². The number of hydrogen-bond donors (Lipinski definition) is 1. The van der Waals surface area contributed by atoms with Crippen molar-refractivity contribution in [2.75, 3.05) is 0 Å². The standard InChI is InChI=1S/C17H18F2O/c1-11-3-4-12(2)14(5-11)9-17(20)8-13-6-15(18)10-16(19)7-13/h3-7,10,17,20H,8-9H2,1-2H3. The molecule has 2 aromatic rings. The van der Waals surface area contributed by atoms with Gasteiger partial charge in [0.05, 0.1) is 6.10 Å². The summed E-state index contributed by atoms with van der Waals surface area (Å²) in [4.78, 5) is 0. The molecule has 0 amide bonds. The van der Waals surface area contributed by atoms with Gasteiger partial charge in [-0.25, -0.2) is 8.78 Å². The Kier molecular flexibility index (Phi) is 4.50. The van der Waals surface area contributed by atoms with Gasteiger partial charge in [0, 0.05) is 6.07 Å². The molecular formula is C17H18F2O. The van der Waals surface area contributed by atoms with Crippen molar-refractivity contribution in [3.05, 3.63) is 70.3 Å². The zero-order valence-electron chi connectivity index (χ0n) is 11.7. The number of halogens is 2. The smallest absolute Gasteiger partial charge is 0.126 e. The van der Waals surface area contributed by atoms with Gasteiger partial charge in [-0.2, -0.15) is 0 Å². The quantitative estimate of drug-likeness (QED) is 0.902. The third-order valence-electron chi connectivity index (χ3n) is 3.35. The van der Waals surface area contributed by atoms with Crippen LogP contribution in [0, 0.1) is 25.5 Å². The minimum atomic E-state index is -0.656. The van der Waals surface area contributed by atoms with E-state index in [0.29, 0.717) is 12.0 Å². The molecule has 20 heavy (non-hydrogen) atoms. The number of benzene rings is 2. The summed E-state index contributed by atoms with van der Waals surface area (Å²) in [5.74, 6) is -1.22. The average molecular weight is 276 g/mol. The van der Waals surface area contributed by atoms with E-state index in [-0.39, 0.29) is 6.42 Å². The van der Waals surface area contributed by atoms with Gasteiger partial charge >= 0.3 is 0 Å². The zero-order chi connectivity index (χ0) is 14.7. The summed E-state index contributed by atoms with van der Waals surface area (Å²) in [6.07, 6.45) is 0.0601. The number of aliphatic hydroxyl groups is 1. The number of aryl methyl sites for hydroxylation is 2. The van der Waals surface area contributed by atoms with Crippen molar-refractivity contribution in [1.82, 2.24) is 0 Å². The van der Waals surface area contributed by atoms with Crippen LogP contribution >= 0.6 is 0 Å². The minimum Gasteiger partial charge on any atom is -0.392 e. The highest BCUT2D eigenvalue weighted by atomic mass is 19.1. The van der Waals surface area contributed by atoms with Gasteiger partial charge in [-0.05, 0) is 55.5 Å². The lowest BCUT2D eigenvalue weighted by Gasteiger charge is -2.13. The van der Waals surface area contributed by atoms with E-state index < -0.39 is 17.7 Å². The molecule has 0 heterocycles. The first kappa shape index (κ1) is 14.7. The molecule has 0 aliphatic rings. The molecule has 3 heteroatoms. The van der Waals surface area contributed by atoms with Crippen molar-refractivity contribution in [3.63, 3.8) is 0 Å². The first-order valence-corrected chi connectivity index (χ1v) is 6.63. The van der Waals surface area contributed by atoms with E-state index in [2.05, 4.69) is 0 Å². The summed E-state index contributed by atoms with van der Waals surface area (Å²) in [5.41, 5.74) is 3.78. The molecule has 0 saturated carbocycles. The van der Waals surface area contributed by atoms with Crippen LogP contribution in [0.2, 0.25) is 0 Å². The fourth-order valence-corrected chi connectivity index (χ4v) is 2.35. The van der Waals surface area contributed by atoms with E-state index in [1.807, 2.05) is 32.0 Å². The average Bonchev–Trinajstić information content (AvgIpc) is 2.32. The Morgan fingerprint density at radius 1 is 0.950 bits per heavy atom. The maximum absolute atomic E-state index is 13.1. The fraction of sp³-hybridized carbons (Fsp3) is 0.294. The molecule has 1 atom stereocenters. The van der Waals surface area contributed by atoms with Gasteiger partial charge in [0.2, 0.25) is 0 Å². The Labute approximate surface area is 117 Å². The van der Waals surface area contributed by atoms with Crippen LogP contribution < -0.4 is 0 Å². The lowest BCUT2D eigenvalue weighted by atomic mass is 9.97. The van der Waals surface area contributed by atoms with Crippen molar-refractivity contribution >= 4 is 0 Å². The second-order valence-corrected chi connectivity index (χ2v) is 5.27. The molecule has 2 rings (SSSR count). The van der Waals surface area contributed by atoms with Crippen molar-refractivity contribution in [1.29, 1.82) is 0 Å². The van der Waals surface area contributed by atoms with Crippen LogP contribution in [0.5, 0.6) is 0 Å². The molecule has 0 spiro atoms. The Balaban J connectivity index is 2.08. The van der Waals surface area contributed by atoms with E-state index in [9.17, 15) is 13.9 Å². The normalized spacial score (nSPS) is 12.4. The molecule has 0 radical (unpaired) electrons. The lowest BCUT2D eigenvalue weighted by Crippen LogP contribution is -2.15. The van der Waals surface area contributed by atoms with Gasteiger partial charge in [0.1, 0.15) is 11.6 Å². The summed E-state index contributed by atoms with van der Waals surface area (Å²) >= 11 is 0. The molecular weight excluding hydrogens is 258 g/mol. The predicted octanol–water partition coefficient (Wildman–Crippen LogP) is 3.73. The summed E-state index contributed by atoms with van der Waals surface area (Å²) in [7, 11) is 0. The van der Waals surface area contributed by atoms with Gasteiger partial charge in [0.15, 0.2) is 0 Å². The second kappa shape index (κ2) is 6.14. The zero-order valence-corrected chi connectivity index (χ0v) is 11.7. The Hall–Kier alpha value is -1.74. The maximum Gasteiger partial charge on any atom is 0.126 e. The van der Waals surface area contributed by atoms with Crippen LogP contribution in [0.15, 0.2) is 36.4 Å². The van der Waals surface area contributed by atoms with Gasteiger partial charge in [-0.15, -0.1) is 0 Å². The topological polar surface area (TPSA) is 20.2 Å². The minimum absolute atomic E-state index is 0.238. The van der Waals surface area contributed by atoms with Gasteiger partial charge in [0.25, 0.3) is 0 Å². The largest absolute Gasteiger partial charge is 0.392 e. The molecule has 0 aliphatic heterocycles. The van der Waals surface area contributed by atoms with E-state index in [4.69, 9.17) is 0 Å². The predicted molar refractivity (Wildman–Crippen MR) is 75.7 cm³/mol. The van der Waals surface area contributed by atoms with Gasteiger partial charge < -0.3 is 5.11 Å². The van der Waals surface area contributed by atoms with E-state index in [0.717, 1.165) is 22.8 Å². The third kappa shape index (κ3) is 3.87. The molecule has 1 unspecified atom stereocenters. The number of aliphatic hydroxyl groups excluding tert-OH is 1. The van der Waals surface area contributed by atoms with Crippen molar-refractivity contribution in [3.8, 4) is 0 Å². The Morgan fingerprint density at radius 2 is 1.60 bits per heavy atom. The fourth-order valence-electron chi connectivity index (χ4n) is 2.35. The van der Waals surface area contributed by atoms with Crippen LogP contribution in [-0.4, -0.2) is 11.2 Å². The molecule has 0 bridgehead atoms. The summed E-state index contributed by atoms with van der Waals surface area (Å²) in [5, 5.41) is 10.1. The van der Waals surface area contributed by atoms with Crippen LogP contribution in [0.3, 0.4) is 0 Å². The summed E-state index contributed by atoms with van der Waals surface area (Å²) in [6.45, 7) is 3.99. The van der Waals surface area contributed by atoms with Crippen molar-refractivity contribution in [2.45, 2.75) is 32.8 Å². The van der Waals surface area contributed by atoms with Gasteiger partial charge in [-0.3, -0.25) is 0 Å². The van der Waals surface area contributed by atoms with Crippen LogP contribution in [0.1, 0.15) is 22.3 Å². The van der Waals surface area contributed by atoms with Crippen molar-refractivity contribution in [2.24, 2.45) is 0 Å². The number of hydrogen-bond acceptors (Lipinski definition) is 1. The molecule has 0 aliphatic carbocycles. The monoisotopic (exact) mass is 276 g/mol.